The largest absolute Gasteiger partial charge is 0.0881 e. The molecule has 0 N–H and O–H groups in total. The van der Waals surface area contributed by atoms with Gasteiger partial charge in [0.2, 0.25) is 0 Å². The molecule has 0 atom stereocenters. The molecule has 0 saturated heterocycles. The molecule has 0 bridgehead atoms. The van der Waals surface area contributed by atoms with Gasteiger partial charge in [-0.15, -0.1) is 0 Å². The Hall–Kier alpha value is 0.620. The van der Waals surface area contributed by atoms with Gasteiger partial charge in [0.25, 0.3) is 0 Å². The topological polar surface area (TPSA) is 0 Å². The molecule has 148 valence electrons. The van der Waals surface area contributed by atoms with E-state index in [1.807, 2.05) is 47.0 Å². The first kappa shape index (κ1) is 22.9. The minimum atomic E-state index is 1.29. The lowest BCUT2D eigenvalue weighted by Gasteiger charge is -2.05. The number of thioether (sulfide) groups is 4. The number of allylic oxidation sites excluding steroid dienone is 2. The van der Waals surface area contributed by atoms with Crippen molar-refractivity contribution < 1.29 is 0 Å². The van der Waals surface area contributed by atoms with E-state index in [0.717, 1.165) is 0 Å². The summed E-state index contributed by atoms with van der Waals surface area (Å²) in [6, 6.07) is 0. The Kier molecular flexibility index (Phi) is 12.9. The minimum absolute atomic E-state index is 1.29. The van der Waals surface area contributed by atoms with Crippen LogP contribution in [0.3, 0.4) is 0 Å². The zero-order chi connectivity index (χ0) is 18.5. The highest BCUT2D eigenvalue weighted by atomic mass is 32.2. The summed E-state index contributed by atoms with van der Waals surface area (Å²) in [5.41, 5.74) is 0. The Morgan fingerprint density at radius 1 is 0.538 bits per heavy atom. The predicted octanol–water partition coefficient (Wildman–Crippen LogP) is 10.3. The second-order valence-corrected chi connectivity index (χ2v) is 11.8. The standard InChI is InChI=1S/C22H36S4/c1-3-5-7-9-11-13-15-19-17-23-21(25-19)22-24-18-20(26-22)16-14-12-10-8-6-4-2/h17-18H,3-16H2,1-2H3/b22-21+. The van der Waals surface area contributed by atoms with Crippen molar-refractivity contribution in [3.63, 3.8) is 0 Å². The van der Waals surface area contributed by atoms with Crippen molar-refractivity contribution in [2.45, 2.75) is 104 Å². The molecule has 0 spiro atoms. The summed E-state index contributed by atoms with van der Waals surface area (Å²) in [7, 11) is 0. The smallest absolute Gasteiger partial charge is 0.0697 e. The summed E-state index contributed by atoms with van der Waals surface area (Å²) >= 11 is 8.02. The third kappa shape index (κ3) is 9.21. The van der Waals surface area contributed by atoms with Crippen LogP contribution in [0, 0.1) is 0 Å². The zero-order valence-corrected chi connectivity index (χ0v) is 20.0. The Balaban J connectivity index is 1.56. The van der Waals surface area contributed by atoms with E-state index in [4.69, 9.17) is 0 Å². The van der Waals surface area contributed by atoms with Crippen molar-refractivity contribution in [1.82, 2.24) is 0 Å². The molecule has 0 unspecified atom stereocenters. The van der Waals surface area contributed by atoms with Gasteiger partial charge in [0.1, 0.15) is 0 Å². The van der Waals surface area contributed by atoms with Crippen molar-refractivity contribution in [3.8, 4) is 0 Å². The van der Waals surface area contributed by atoms with E-state index in [0.29, 0.717) is 0 Å². The molecule has 2 rings (SSSR count). The molecule has 0 saturated carbocycles. The fraction of sp³-hybridized carbons (Fsp3) is 0.727. The lowest BCUT2D eigenvalue weighted by molar-refractivity contribution is 0.610. The van der Waals surface area contributed by atoms with Gasteiger partial charge in [0.05, 0.1) is 8.47 Å². The molecule has 0 radical (unpaired) electrons. The van der Waals surface area contributed by atoms with Crippen LogP contribution in [0.15, 0.2) is 29.1 Å². The van der Waals surface area contributed by atoms with Crippen LogP contribution < -0.4 is 0 Å². The molecular formula is C22H36S4. The first-order valence-electron chi connectivity index (χ1n) is 10.6. The van der Waals surface area contributed by atoms with E-state index in [-0.39, 0.29) is 0 Å². The van der Waals surface area contributed by atoms with E-state index in [1.54, 1.807) is 9.81 Å². The normalized spacial score (nSPS) is 19.9. The molecule has 2 aliphatic rings. The number of unbranched alkanes of at least 4 members (excludes halogenated alkanes) is 10. The molecule has 0 aromatic rings. The van der Waals surface area contributed by atoms with Crippen LogP contribution in [0.1, 0.15) is 104 Å². The minimum Gasteiger partial charge on any atom is -0.0881 e. The lowest BCUT2D eigenvalue weighted by atomic mass is 10.1. The van der Waals surface area contributed by atoms with Crippen LogP contribution in [0.2, 0.25) is 0 Å². The fourth-order valence-electron chi connectivity index (χ4n) is 3.13. The maximum absolute atomic E-state index is 2.41. The molecule has 4 heteroatoms. The Morgan fingerprint density at radius 2 is 0.923 bits per heavy atom. The summed E-state index contributed by atoms with van der Waals surface area (Å²) in [6.07, 6.45) is 19.3. The van der Waals surface area contributed by atoms with Gasteiger partial charge >= 0.3 is 0 Å². The van der Waals surface area contributed by atoms with Crippen molar-refractivity contribution in [1.29, 1.82) is 0 Å². The maximum atomic E-state index is 2.41. The highest BCUT2D eigenvalue weighted by molar-refractivity contribution is 8.33. The van der Waals surface area contributed by atoms with Gasteiger partial charge in [-0.25, -0.2) is 0 Å². The molecule has 0 aromatic heterocycles. The van der Waals surface area contributed by atoms with Crippen LogP contribution in [0.5, 0.6) is 0 Å². The van der Waals surface area contributed by atoms with Crippen molar-refractivity contribution >= 4 is 47.0 Å². The van der Waals surface area contributed by atoms with Gasteiger partial charge in [-0.1, -0.05) is 125 Å². The van der Waals surface area contributed by atoms with Crippen molar-refractivity contribution in [2.75, 3.05) is 0 Å². The summed E-state index contributed by atoms with van der Waals surface area (Å²) < 4.78 is 3.07. The third-order valence-corrected chi connectivity index (χ3v) is 10.2. The van der Waals surface area contributed by atoms with E-state index in [1.165, 1.54) is 98.4 Å². The average molecular weight is 429 g/mol. The third-order valence-electron chi connectivity index (χ3n) is 4.76. The molecule has 0 nitrogen and oxygen atoms in total. The number of rotatable bonds is 14. The van der Waals surface area contributed by atoms with Crippen molar-refractivity contribution in [3.05, 3.63) is 29.1 Å². The Labute approximate surface area is 179 Å². The lowest BCUT2D eigenvalue weighted by Crippen LogP contribution is -1.80. The van der Waals surface area contributed by atoms with Gasteiger partial charge in [-0.2, -0.15) is 0 Å². The number of hydrogen-bond donors (Lipinski definition) is 0. The first-order valence-corrected chi connectivity index (χ1v) is 14.0. The monoisotopic (exact) mass is 428 g/mol. The molecule has 0 fully saturated rings. The SMILES string of the molecule is CCCCCCCCC1=CS/C(=C2/SC=C(CCCCCCCC)S2)S1. The van der Waals surface area contributed by atoms with Crippen LogP contribution in [0.4, 0.5) is 0 Å². The summed E-state index contributed by atoms with van der Waals surface area (Å²) in [6.45, 7) is 4.58. The Bertz CT molecular complexity index is 446. The second kappa shape index (κ2) is 14.6. The predicted molar refractivity (Wildman–Crippen MR) is 130 cm³/mol. The highest BCUT2D eigenvalue weighted by Crippen LogP contribution is 2.56. The summed E-state index contributed by atoms with van der Waals surface area (Å²) in [5.74, 6) is 0. The summed E-state index contributed by atoms with van der Waals surface area (Å²) in [5, 5.41) is 4.82. The van der Waals surface area contributed by atoms with E-state index >= 15 is 0 Å². The van der Waals surface area contributed by atoms with Crippen molar-refractivity contribution in [2.24, 2.45) is 0 Å². The molecule has 0 amide bonds. The fourth-order valence-corrected chi connectivity index (χ4v) is 8.24. The zero-order valence-electron chi connectivity index (χ0n) is 16.7. The highest BCUT2D eigenvalue weighted by Gasteiger charge is 2.21. The first-order chi connectivity index (χ1) is 12.8. The van der Waals surface area contributed by atoms with Gasteiger partial charge in [-0.3, -0.25) is 0 Å². The number of hydrogen-bond acceptors (Lipinski definition) is 4. The van der Waals surface area contributed by atoms with E-state index in [9.17, 15) is 0 Å². The summed E-state index contributed by atoms with van der Waals surface area (Å²) in [4.78, 5) is 3.19. The molecule has 26 heavy (non-hydrogen) atoms. The molecule has 2 heterocycles. The van der Waals surface area contributed by atoms with Gasteiger partial charge < -0.3 is 0 Å². The quantitative estimate of drug-likeness (QED) is 0.252. The second-order valence-electron chi connectivity index (χ2n) is 7.22. The van der Waals surface area contributed by atoms with Crippen LogP contribution in [-0.4, -0.2) is 0 Å². The van der Waals surface area contributed by atoms with Crippen LogP contribution in [-0.2, 0) is 0 Å². The molecule has 0 aromatic carbocycles. The van der Waals surface area contributed by atoms with Gasteiger partial charge in [0.15, 0.2) is 0 Å². The molecular weight excluding hydrogens is 393 g/mol. The van der Waals surface area contributed by atoms with Gasteiger partial charge in [0, 0.05) is 0 Å². The van der Waals surface area contributed by atoms with Crippen LogP contribution >= 0.6 is 47.0 Å². The van der Waals surface area contributed by atoms with E-state index < -0.39 is 0 Å². The van der Waals surface area contributed by atoms with Gasteiger partial charge in [-0.05, 0) is 46.3 Å². The average Bonchev–Trinajstić information content (AvgIpc) is 3.30. The molecule has 0 aliphatic carbocycles. The van der Waals surface area contributed by atoms with E-state index in [2.05, 4.69) is 24.7 Å². The Morgan fingerprint density at radius 3 is 1.35 bits per heavy atom. The molecule has 2 aliphatic heterocycles. The maximum Gasteiger partial charge on any atom is 0.0697 e. The van der Waals surface area contributed by atoms with Crippen LogP contribution in [0.25, 0.3) is 0 Å².